The number of carbonyl (C=O) groups excluding carboxylic acids is 1. The Hall–Kier alpha value is -1.55. The van der Waals surface area contributed by atoms with Gasteiger partial charge < -0.3 is 15.7 Å². The smallest absolute Gasteiger partial charge is 0.253 e. The third-order valence-electron chi connectivity index (χ3n) is 3.90. The summed E-state index contributed by atoms with van der Waals surface area (Å²) in [5.74, 6) is 0.472. The lowest BCUT2D eigenvalue weighted by Crippen LogP contribution is -2.47. The van der Waals surface area contributed by atoms with Gasteiger partial charge in [-0.3, -0.25) is 4.79 Å². The van der Waals surface area contributed by atoms with Crippen LogP contribution in [0.4, 0.5) is 5.69 Å². The molecule has 0 aromatic heterocycles. The molecule has 4 heteroatoms. The molecule has 20 heavy (non-hydrogen) atoms. The maximum atomic E-state index is 12.4. The fraction of sp³-hybridized carbons (Fsp3) is 0.562. The summed E-state index contributed by atoms with van der Waals surface area (Å²) in [4.78, 5) is 14.2. The van der Waals surface area contributed by atoms with Gasteiger partial charge in [0.05, 0.1) is 5.60 Å². The van der Waals surface area contributed by atoms with Gasteiger partial charge in [0.2, 0.25) is 0 Å². The van der Waals surface area contributed by atoms with Crippen molar-refractivity contribution >= 4 is 11.6 Å². The van der Waals surface area contributed by atoms with Crippen LogP contribution in [0.2, 0.25) is 0 Å². The Bertz CT molecular complexity index is 477. The molecule has 1 saturated heterocycles. The number of hydrogen-bond donors (Lipinski definition) is 2. The van der Waals surface area contributed by atoms with Gasteiger partial charge in [-0.25, -0.2) is 0 Å². The van der Waals surface area contributed by atoms with Crippen LogP contribution in [0.25, 0.3) is 0 Å². The van der Waals surface area contributed by atoms with Crippen molar-refractivity contribution in [3.05, 3.63) is 29.8 Å². The van der Waals surface area contributed by atoms with E-state index in [4.69, 9.17) is 5.73 Å². The molecule has 1 amide bonds. The Morgan fingerprint density at radius 2 is 2.05 bits per heavy atom. The van der Waals surface area contributed by atoms with Crippen LogP contribution in [0, 0.1) is 5.92 Å². The number of nitrogen functional groups attached to an aromatic ring is 1. The number of piperidine rings is 1. The second-order valence-electron chi connectivity index (χ2n) is 6.24. The molecule has 1 aromatic carbocycles. The molecule has 1 aromatic rings. The zero-order valence-corrected chi connectivity index (χ0v) is 12.3. The van der Waals surface area contributed by atoms with E-state index >= 15 is 0 Å². The molecule has 110 valence electrons. The fourth-order valence-electron chi connectivity index (χ4n) is 2.94. The lowest BCUT2D eigenvalue weighted by atomic mass is 9.84. The molecule has 3 N–H and O–H groups in total. The summed E-state index contributed by atoms with van der Waals surface area (Å²) in [6.07, 6.45) is 2.10. The summed E-state index contributed by atoms with van der Waals surface area (Å²) in [6, 6.07) is 7.06. The van der Waals surface area contributed by atoms with Crippen molar-refractivity contribution in [1.82, 2.24) is 4.90 Å². The molecule has 2 rings (SSSR count). The van der Waals surface area contributed by atoms with Crippen LogP contribution < -0.4 is 5.73 Å². The summed E-state index contributed by atoms with van der Waals surface area (Å²) in [5.41, 5.74) is 6.33. The Balaban J connectivity index is 1.98. The Kier molecular flexibility index (Phi) is 4.33. The van der Waals surface area contributed by atoms with Crippen LogP contribution in [0.15, 0.2) is 24.3 Å². The molecule has 1 heterocycles. The Labute approximate surface area is 120 Å². The van der Waals surface area contributed by atoms with Gasteiger partial charge in [-0.1, -0.05) is 19.9 Å². The maximum absolute atomic E-state index is 12.4. The molecule has 0 unspecified atom stereocenters. The van der Waals surface area contributed by atoms with Gasteiger partial charge in [-0.15, -0.1) is 0 Å². The molecule has 1 aliphatic rings. The number of hydrogen-bond acceptors (Lipinski definition) is 3. The van der Waals surface area contributed by atoms with E-state index in [2.05, 4.69) is 13.8 Å². The van der Waals surface area contributed by atoms with Crippen molar-refractivity contribution in [2.24, 2.45) is 5.92 Å². The van der Waals surface area contributed by atoms with Gasteiger partial charge in [0.25, 0.3) is 5.91 Å². The van der Waals surface area contributed by atoms with E-state index in [0.29, 0.717) is 43.1 Å². The monoisotopic (exact) mass is 276 g/mol. The SMILES string of the molecule is CC(C)CC1(O)CCN(C(=O)c2cccc(N)c2)CC1. The average molecular weight is 276 g/mol. The molecular weight excluding hydrogens is 252 g/mol. The van der Waals surface area contributed by atoms with Crippen LogP contribution in [0.1, 0.15) is 43.5 Å². The molecule has 4 nitrogen and oxygen atoms in total. The first-order valence-corrected chi connectivity index (χ1v) is 7.27. The van der Waals surface area contributed by atoms with Crippen LogP contribution in [-0.2, 0) is 0 Å². The van der Waals surface area contributed by atoms with Gasteiger partial charge in [-0.05, 0) is 43.4 Å². The number of nitrogens with zero attached hydrogens (tertiary/aromatic N) is 1. The first kappa shape index (κ1) is 14.9. The molecule has 1 fully saturated rings. The zero-order valence-electron chi connectivity index (χ0n) is 12.3. The molecule has 0 saturated carbocycles. The summed E-state index contributed by atoms with van der Waals surface area (Å²) in [6.45, 7) is 5.44. The van der Waals surface area contributed by atoms with E-state index in [9.17, 15) is 9.90 Å². The largest absolute Gasteiger partial charge is 0.399 e. The third-order valence-corrected chi connectivity index (χ3v) is 3.90. The first-order valence-electron chi connectivity index (χ1n) is 7.27. The predicted octanol–water partition coefficient (Wildman–Crippen LogP) is 2.28. The second kappa shape index (κ2) is 5.83. The minimum Gasteiger partial charge on any atom is -0.399 e. The van der Waals surface area contributed by atoms with Gasteiger partial charge >= 0.3 is 0 Å². The third kappa shape index (κ3) is 3.51. The minimum atomic E-state index is -0.610. The van der Waals surface area contributed by atoms with Crippen molar-refractivity contribution in [3.63, 3.8) is 0 Å². The number of likely N-dealkylation sites (tertiary alicyclic amines) is 1. The number of anilines is 1. The highest BCUT2D eigenvalue weighted by Crippen LogP contribution is 2.29. The normalized spacial score (nSPS) is 18.3. The molecule has 0 aliphatic carbocycles. The summed E-state index contributed by atoms with van der Waals surface area (Å²) in [5, 5.41) is 10.5. The van der Waals surface area contributed by atoms with Crippen molar-refractivity contribution in [2.75, 3.05) is 18.8 Å². The maximum Gasteiger partial charge on any atom is 0.253 e. The number of rotatable bonds is 3. The van der Waals surface area contributed by atoms with Gasteiger partial charge in [0.15, 0.2) is 0 Å². The van der Waals surface area contributed by atoms with Crippen LogP contribution in [-0.4, -0.2) is 34.6 Å². The van der Waals surface area contributed by atoms with E-state index in [-0.39, 0.29) is 5.91 Å². The van der Waals surface area contributed by atoms with Crippen LogP contribution in [0.5, 0.6) is 0 Å². The predicted molar refractivity (Wildman–Crippen MR) is 80.4 cm³/mol. The number of nitrogens with two attached hydrogens (primary N) is 1. The molecule has 0 radical (unpaired) electrons. The van der Waals surface area contributed by atoms with Gasteiger partial charge in [0, 0.05) is 24.3 Å². The number of carbonyl (C=O) groups is 1. The van der Waals surface area contributed by atoms with Crippen LogP contribution >= 0.6 is 0 Å². The number of amides is 1. The molecule has 1 aliphatic heterocycles. The molecular formula is C16H24N2O2. The number of benzene rings is 1. The minimum absolute atomic E-state index is 0.00361. The van der Waals surface area contributed by atoms with Gasteiger partial charge in [-0.2, -0.15) is 0 Å². The quantitative estimate of drug-likeness (QED) is 0.832. The van der Waals surface area contributed by atoms with Crippen molar-refractivity contribution in [3.8, 4) is 0 Å². The van der Waals surface area contributed by atoms with Crippen molar-refractivity contribution < 1.29 is 9.90 Å². The van der Waals surface area contributed by atoms with E-state index in [1.807, 2.05) is 4.90 Å². The zero-order chi connectivity index (χ0) is 14.8. The van der Waals surface area contributed by atoms with E-state index in [0.717, 1.165) is 6.42 Å². The highest BCUT2D eigenvalue weighted by atomic mass is 16.3. The summed E-state index contributed by atoms with van der Waals surface area (Å²) >= 11 is 0. The summed E-state index contributed by atoms with van der Waals surface area (Å²) in [7, 11) is 0. The molecule has 0 atom stereocenters. The fourth-order valence-corrected chi connectivity index (χ4v) is 2.94. The second-order valence-corrected chi connectivity index (χ2v) is 6.24. The standard InChI is InChI=1S/C16H24N2O2/c1-12(2)11-16(20)6-8-18(9-7-16)15(19)13-4-3-5-14(17)10-13/h3-5,10,12,20H,6-9,11,17H2,1-2H3. The number of aliphatic hydroxyl groups is 1. The van der Waals surface area contributed by atoms with Crippen molar-refractivity contribution in [2.45, 2.75) is 38.7 Å². The lowest BCUT2D eigenvalue weighted by Gasteiger charge is -2.39. The average Bonchev–Trinajstić information content (AvgIpc) is 2.37. The first-order chi connectivity index (χ1) is 9.39. The topological polar surface area (TPSA) is 66.6 Å². The lowest BCUT2D eigenvalue weighted by molar-refractivity contribution is -0.0310. The van der Waals surface area contributed by atoms with Gasteiger partial charge in [0.1, 0.15) is 0 Å². The molecule has 0 spiro atoms. The Morgan fingerprint density at radius 1 is 1.40 bits per heavy atom. The van der Waals surface area contributed by atoms with E-state index < -0.39 is 5.60 Å². The highest BCUT2D eigenvalue weighted by molar-refractivity contribution is 5.95. The van der Waals surface area contributed by atoms with E-state index in [1.165, 1.54) is 0 Å². The highest BCUT2D eigenvalue weighted by Gasteiger charge is 2.34. The van der Waals surface area contributed by atoms with Crippen LogP contribution in [0.3, 0.4) is 0 Å². The Morgan fingerprint density at radius 3 is 2.60 bits per heavy atom. The van der Waals surface area contributed by atoms with E-state index in [1.54, 1.807) is 24.3 Å². The molecule has 0 bridgehead atoms. The summed E-state index contributed by atoms with van der Waals surface area (Å²) < 4.78 is 0. The van der Waals surface area contributed by atoms with Crippen molar-refractivity contribution in [1.29, 1.82) is 0 Å².